The maximum absolute atomic E-state index is 9.53. The van der Waals surface area contributed by atoms with E-state index in [9.17, 15) is 5.11 Å². The van der Waals surface area contributed by atoms with Crippen molar-refractivity contribution in [3.63, 3.8) is 0 Å². The first-order chi connectivity index (χ1) is 9.17. The smallest absolute Gasteiger partial charge is 0.167 e. The van der Waals surface area contributed by atoms with Crippen LogP contribution in [0.15, 0.2) is 23.5 Å². The molecular formula is C16H25NO2. The average molecular weight is 263 g/mol. The van der Waals surface area contributed by atoms with Gasteiger partial charge in [-0.15, -0.1) is 0 Å². The zero-order chi connectivity index (χ0) is 14.1. The third-order valence-corrected chi connectivity index (χ3v) is 3.42. The van der Waals surface area contributed by atoms with E-state index in [0.29, 0.717) is 6.61 Å². The largest absolute Gasteiger partial charge is 0.501 e. The van der Waals surface area contributed by atoms with Gasteiger partial charge in [0.15, 0.2) is 5.76 Å². The Kier molecular flexibility index (Phi) is 7.32. The average Bonchev–Trinajstić information content (AvgIpc) is 2.40. The molecule has 1 saturated carbocycles. The molecule has 2 unspecified atom stereocenters. The molecule has 2 atom stereocenters. The van der Waals surface area contributed by atoms with Crippen molar-refractivity contribution in [1.82, 2.24) is 0 Å². The van der Waals surface area contributed by atoms with Crippen LogP contribution in [0.3, 0.4) is 0 Å². The number of aliphatic hydroxyl groups excluding tert-OH is 1. The van der Waals surface area contributed by atoms with Crippen LogP contribution in [0.25, 0.3) is 0 Å². The van der Waals surface area contributed by atoms with Gasteiger partial charge in [0.05, 0.1) is 12.7 Å². The second-order valence-corrected chi connectivity index (χ2v) is 4.88. The monoisotopic (exact) mass is 263 g/mol. The molecule has 0 radical (unpaired) electrons. The predicted molar refractivity (Wildman–Crippen MR) is 78.7 cm³/mol. The summed E-state index contributed by atoms with van der Waals surface area (Å²) >= 11 is 0. The minimum absolute atomic E-state index is 0.102. The Morgan fingerprint density at radius 2 is 2.16 bits per heavy atom. The van der Waals surface area contributed by atoms with Crippen LogP contribution >= 0.6 is 0 Å². The van der Waals surface area contributed by atoms with Crippen molar-refractivity contribution >= 4 is 0 Å². The van der Waals surface area contributed by atoms with Gasteiger partial charge >= 0.3 is 0 Å². The minimum Gasteiger partial charge on any atom is -0.501 e. The second-order valence-electron chi connectivity index (χ2n) is 4.88. The third kappa shape index (κ3) is 5.96. The molecule has 0 saturated heterocycles. The molecule has 106 valence electrons. The third-order valence-electron chi connectivity index (χ3n) is 3.42. The van der Waals surface area contributed by atoms with Crippen LogP contribution in [0.5, 0.6) is 0 Å². The van der Waals surface area contributed by atoms with Gasteiger partial charge in [0.25, 0.3) is 0 Å². The van der Waals surface area contributed by atoms with Crippen molar-refractivity contribution in [3.8, 4) is 11.8 Å². The molecule has 3 heteroatoms. The highest BCUT2D eigenvalue weighted by Crippen LogP contribution is 2.20. The number of nitrogens with two attached hydrogens (primary N) is 1. The molecule has 3 N–H and O–H groups in total. The number of aliphatic hydroxyl groups is 1. The molecule has 0 aromatic carbocycles. The fraction of sp³-hybridized carbons (Fsp3) is 0.625. The zero-order valence-corrected chi connectivity index (χ0v) is 12.0. The Balaban J connectivity index is 2.37. The van der Waals surface area contributed by atoms with Crippen LogP contribution in [0.1, 0.15) is 46.0 Å². The van der Waals surface area contributed by atoms with E-state index in [1.165, 1.54) is 12.8 Å². The van der Waals surface area contributed by atoms with Gasteiger partial charge in [-0.1, -0.05) is 24.8 Å². The summed E-state index contributed by atoms with van der Waals surface area (Å²) in [6.45, 7) is 4.29. The van der Waals surface area contributed by atoms with Crippen LogP contribution in [-0.2, 0) is 4.74 Å². The van der Waals surface area contributed by atoms with Crippen molar-refractivity contribution in [2.24, 2.45) is 5.73 Å². The van der Waals surface area contributed by atoms with Crippen molar-refractivity contribution in [1.29, 1.82) is 0 Å². The maximum Gasteiger partial charge on any atom is 0.167 e. The van der Waals surface area contributed by atoms with Crippen LogP contribution in [0, 0.1) is 11.8 Å². The fourth-order valence-corrected chi connectivity index (χ4v) is 2.30. The Hall–Kier alpha value is -1.24. The Morgan fingerprint density at radius 3 is 2.79 bits per heavy atom. The topological polar surface area (TPSA) is 55.5 Å². The number of ether oxygens (including phenoxy) is 1. The molecule has 0 spiro atoms. The molecule has 3 nitrogen and oxygen atoms in total. The van der Waals surface area contributed by atoms with Gasteiger partial charge in [-0.2, -0.15) is 0 Å². The van der Waals surface area contributed by atoms with Crippen LogP contribution in [0.2, 0.25) is 0 Å². The summed E-state index contributed by atoms with van der Waals surface area (Å²) in [4.78, 5) is 0. The van der Waals surface area contributed by atoms with Crippen molar-refractivity contribution in [3.05, 3.63) is 23.5 Å². The van der Waals surface area contributed by atoms with E-state index in [2.05, 4.69) is 11.8 Å². The van der Waals surface area contributed by atoms with Gasteiger partial charge in [-0.25, -0.2) is 0 Å². The number of hydrogen-bond acceptors (Lipinski definition) is 3. The summed E-state index contributed by atoms with van der Waals surface area (Å²) in [5.41, 5.74) is 7.07. The first kappa shape index (κ1) is 15.8. The summed E-state index contributed by atoms with van der Waals surface area (Å²) in [6, 6.07) is 0.178. The summed E-state index contributed by atoms with van der Waals surface area (Å²) in [5, 5.41) is 9.53. The van der Waals surface area contributed by atoms with Gasteiger partial charge in [0.2, 0.25) is 0 Å². The van der Waals surface area contributed by atoms with E-state index in [1.807, 2.05) is 13.0 Å². The van der Waals surface area contributed by atoms with E-state index < -0.39 is 0 Å². The lowest BCUT2D eigenvalue weighted by Crippen LogP contribution is -2.39. The molecule has 0 aromatic rings. The van der Waals surface area contributed by atoms with Crippen LogP contribution in [-0.4, -0.2) is 23.9 Å². The SMILES string of the molecule is CC#C/C(O)=C/C(=C\C)CCOC1CCCCC1N. The second kappa shape index (κ2) is 8.79. The highest BCUT2D eigenvalue weighted by atomic mass is 16.5. The Labute approximate surface area is 116 Å². The summed E-state index contributed by atoms with van der Waals surface area (Å²) in [5.74, 6) is 5.39. The molecule has 0 aromatic heterocycles. The molecule has 1 fully saturated rings. The van der Waals surface area contributed by atoms with E-state index in [-0.39, 0.29) is 17.9 Å². The molecule has 1 aliphatic rings. The van der Waals surface area contributed by atoms with Gasteiger partial charge in [-0.3, -0.25) is 0 Å². The number of hydrogen-bond donors (Lipinski definition) is 2. The molecular weight excluding hydrogens is 238 g/mol. The predicted octanol–water partition coefficient (Wildman–Crippen LogP) is 3.07. The molecule has 0 amide bonds. The molecule has 1 rings (SSSR count). The van der Waals surface area contributed by atoms with Gasteiger partial charge < -0.3 is 15.6 Å². The lowest BCUT2D eigenvalue weighted by atomic mass is 9.93. The summed E-state index contributed by atoms with van der Waals surface area (Å²) in [7, 11) is 0. The van der Waals surface area contributed by atoms with E-state index >= 15 is 0 Å². The highest BCUT2D eigenvalue weighted by Gasteiger charge is 2.21. The van der Waals surface area contributed by atoms with Gasteiger partial charge in [0.1, 0.15) is 0 Å². The highest BCUT2D eigenvalue weighted by molar-refractivity contribution is 5.30. The normalized spacial score (nSPS) is 24.8. The first-order valence-corrected chi connectivity index (χ1v) is 7.03. The van der Waals surface area contributed by atoms with E-state index in [0.717, 1.165) is 24.8 Å². The summed E-state index contributed by atoms with van der Waals surface area (Å²) < 4.78 is 5.86. The molecule has 19 heavy (non-hydrogen) atoms. The Morgan fingerprint density at radius 1 is 1.42 bits per heavy atom. The lowest BCUT2D eigenvalue weighted by Gasteiger charge is -2.28. The molecule has 0 heterocycles. The van der Waals surface area contributed by atoms with Gasteiger partial charge in [0, 0.05) is 6.04 Å². The first-order valence-electron chi connectivity index (χ1n) is 7.03. The number of allylic oxidation sites excluding steroid dienone is 3. The van der Waals surface area contributed by atoms with Crippen molar-refractivity contribution in [2.45, 2.75) is 58.1 Å². The van der Waals surface area contributed by atoms with Crippen molar-refractivity contribution in [2.75, 3.05) is 6.61 Å². The molecule has 0 bridgehead atoms. The summed E-state index contributed by atoms with van der Waals surface area (Å²) in [6.07, 6.45) is 9.19. The lowest BCUT2D eigenvalue weighted by molar-refractivity contribution is 0.0171. The maximum atomic E-state index is 9.53. The standard InChI is InChI=1S/C16H25NO2/c1-3-7-14(18)12-13(4-2)10-11-19-16-9-6-5-8-15(16)17/h4,12,15-16,18H,5-6,8-11,17H2,1-2H3/b13-4-,14-12-. The van der Waals surface area contributed by atoms with Crippen LogP contribution in [0.4, 0.5) is 0 Å². The van der Waals surface area contributed by atoms with E-state index in [1.54, 1.807) is 13.0 Å². The quantitative estimate of drug-likeness (QED) is 0.455. The van der Waals surface area contributed by atoms with Gasteiger partial charge in [-0.05, 0) is 50.7 Å². The number of rotatable bonds is 5. The Bertz CT molecular complexity index is 387. The minimum atomic E-state index is 0.102. The van der Waals surface area contributed by atoms with E-state index in [4.69, 9.17) is 10.5 Å². The van der Waals surface area contributed by atoms with Crippen LogP contribution < -0.4 is 5.73 Å². The van der Waals surface area contributed by atoms with Crippen molar-refractivity contribution < 1.29 is 9.84 Å². The molecule has 0 aliphatic heterocycles. The fourth-order valence-electron chi connectivity index (χ4n) is 2.30. The zero-order valence-electron chi connectivity index (χ0n) is 12.0. The molecule has 1 aliphatic carbocycles.